The lowest BCUT2D eigenvalue weighted by Gasteiger charge is -2.17. The van der Waals surface area contributed by atoms with Crippen molar-refractivity contribution in [1.82, 2.24) is 0 Å². The summed E-state index contributed by atoms with van der Waals surface area (Å²) in [5, 5.41) is 3.21. The molecule has 3 aromatic rings. The number of nitrogens with one attached hydrogen (secondary N) is 1. The zero-order valence-corrected chi connectivity index (χ0v) is 17.2. The Bertz CT molecular complexity index is 1080. The van der Waals surface area contributed by atoms with Gasteiger partial charge in [-0.3, -0.25) is 9.59 Å². The fraction of sp³-hybridized carbons (Fsp3) is 0.200. The molecule has 4 rings (SSSR count). The number of aryl methyl sites for hydroxylation is 2. The number of benzene rings is 3. The standard InChI is InChI=1S/C25H22ClNO3/c26-20-11-13-23(22(15-20)25(29)18-7-2-1-3-8-18)27-24(28)16-30-21-12-10-17-6-4-5-9-19(17)14-21/h1-3,7-8,10-15H,4-6,9,16H2,(H,27,28). The summed E-state index contributed by atoms with van der Waals surface area (Å²) in [5.74, 6) is 0.142. The molecule has 0 bridgehead atoms. The van der Waals surface area contributed by atoms with E-state index in [-0.39, 0.29) is 18.3 Å². The minimum absolute atomic E-state index is 0.139. The SMILES string of the molecule is O=C(COc1ccc2c(c1)CCCC2)Nc1ccc(Cl)cc1C(=O)c1ccccc1. The van der Waals surface area contributed by atoms with Crippen molar-refractivity contribution in [3.63, 3.8) is 0 Å². The molecule has 0 saturated carbocycles. The number of carbonyl (C=O) groups excluding carboxylic acids is 2. The summed E-state index contributed by atoms with van der Waals surface area (Å²) < 4.78 is 5.69. The Labute approximate surface area is 180 Å². The largest absolute Gasteiger partial charge is 0.484 e. The molecule has 0 spiro atoms. The van der Waals surface area contributed by atoms with Gasteiger partial charge in [0.25, 0.3) is 5.91 Å². The van der Waals surface area contributed by atoms with Crippen molar-refractivity contribution >= 4 is 29.0 Å². The highest BCUT2D eigenvalue weighted by Crippen LogP contribution is 2.26. The monoisotopic (exact) mass is 419 g/mol. The van der Waals surface area contributed by atoms with Crippen LogP contribution < -0.4 is 10.1 Å². The lowest BCUT2D eigenvalue weighted by Crippen LogP contribution is -2.22. The summed E-state index contributed by atoms with van der Waals surface area (Å²) in [6, 6.07) is 19.7. The maximum absolute atomic E-state index is 12.9. The summed E-state index contributed by atoms with van der Waals surface area (Å²) >= 11 is 6.09. The molecule has 0 heterocycles. The number of fused-ring (bicyclic) bond motifs is 1. The van der Waals surface area contributed by atoms with E-state index in [2.05, 4.69) is 11.4 Å². The van der Waals surface area contributed by atoms with E-state index in [1.807, 2.05) is 18.2 Å². The summed E-state index contributed by atoms with van der Waals surface area (Å²) in [6.07, 6.45) is 4.56. The van der Waals surface area contributed by atoms with Crippen LogP contribution in [0.25, 0.3) is 0 Å². The van der Waals surface area contributed by atoms with Crippen LogP contribution in [-0.2, 0) is 17.6 Å². The second-order valence-electron chi connectivity index (χ2n) is 7.36. The number of carbonyl (C=O) groups is 2. The molecule has 0 radical (unpaired) electrons. The van der Waals surface area contributed by atoms with E-state index in [1.54, 1.807) is 42.5 Å². The first kappa shape index (κ1) is 20.2. The molecule has 1 N–H and O–H groups in total. The van der Waals surface area contributed by atoms with Gasteiger partial charge in [-0.15, -0.1) is 0 Å². The number of hydrogen-bond donors (Lipinski definition) is 1. The number of rotatable bonds is 6. The van der Waals surface area contributed by atoms with Gasteiger partial charge in [-0.25, -0.2) is 0 Å². The molecule has 1 aliphatic rings. The Morgan fingerprint density at radius 1 is 0.900 bits per heavy atom. The van der Waals surface area contributed by atoms with Gasteiger partial charge in [-0.2, -0.15) is 0 Å². The molecule has 0 saturated heterocycles. The van der Waals surface area contributed by atoms with Crippen LogP contribution >= 0.6 is 11.6 Å². The Kier molecular flexibility index (Phi) is 6.15. The van der Waals surface area contributed by atoms with E-state index in [0.29, 0.717) is 27.6 Å². The van der Waals surface area contributed by atoms with Crippen molar-refractivity contribution in [2.45, 2.75) is 25.7 Å². The number of amides is 1. The maximum atomic E-state index is 12.9. The molecular weight excluding hydrogens is 398 g/mol. The van der Waals surface area contributed by atoms with Gasteiger partial charge in [0, 0.05) is 16.1 Å². The second kappa shape index (κ2) is 9.14. The third kappa shape index (κ3) is 4.71. The number of ether oxygens (including phenoxy) is 1. The van der Waals surface area contributed by atoms with Crippen LogP contribution in [-0.4, -0.2) is 18.3 Å². The van der Waals surface area contributed by atoms with Gasteiger partial charge >= 0.3 is 0 Å². The van der Waals surface area contributed by atoms with Crippen molar-refractivity contribution in [2.75, 3.05) is 11.9 Å². The van der Waals surface area contributed by atoms with Crippen molar-refractivity contribution in [1.29, 1.82) is 0 Å². The van der Waals surface area contributed by atoms with E-state index >= 15 is 0 Å². The van der Waals surface area contributed by atoms with E-state index in [0.717, 1.165) is 12.8 Å². The zero-order valence-electron chi connectivity index (χ0n) is 16.5. The summed E-state index contributed by atoms with van der Waals surface area (Å²) in [7, 11) is 0. The van der Waals surface area contributed by atoms with Crippen molar-refractivity contribution in [3.05, 3.63) is 94.0 Å². The van der Waals surface area contributed by atoms with E-state index < -0.39 is 0 Å². The van der Waals surface area contributed by atoms with Gasteiger partial charge in [-0.05, 0) is 67.1 Å². The van der Waals surface area contributed by atoms with E-state index in [9.17, 15) is 9.59 Å². The smallest absolute Gasteiger partial charge is 0.262 e. The highest BCUT2D eigenvalue weighted by molar-refractivity contribution is 6.31. The molecule has 0 aliphatic heterocycles. The van der Waals surface area contributed by atoms with Crippen LogP contribution in [0.5, 0.6) is 5.75 Å². The predicted molar refractivity (Wildman–Crippen MR) is 119 cm³/mol. The minimum atomic E-state index is -0.336. The molecule has 30 heavy (non-hydrogen) atoms. The number of halogens is 1. The highest BCUT2D eigenvalue weighted by atomic mass is 35.5. The zero-order chi connectivity index (χ0) is 20.9. The van der Waals surface area contributed by atoms with Crippen LogP contribution in [0.2, 0.25) is 5.02 Å². The first-order valence-electron chi connectivity index (χ1n) is 10.0. The van der Waals surface area contributed by atoms with E-state index in [4.69, 9.17) is 16.3 Å². The molecule has 0 fully saturated rings. The molecule has 0 atom stereocenters. The van der Waals surface area contributed by atoms with Gasteiger partial charge in [0.2, 0.25) is 0 Å². The number of hydrogen-bond acceptors (Lipinski definition) is 3. The molecule has 152 valence electrons. The van der Waals surface area contributed by atoms with Crippen LogP contribution in [0.3, 0.4) is 0 Å². The molecule has 5 heteroatoms. The van der Waals surface area contributed by atoms with Gasteiger partial charge in [0.1, 0.15) is 5.75 Å². The lowest BCUT2D eigenvalue weighted by atomic mass is 9.92. The number of anilines is 1. The Morgan fingerprint density at radius 2 is 1.67 bits per heavy atom. The summed E-state index contributed by atoms with van der Waals surface area (Å²) in [5.41, 5.74) is 3.94. The average Bonchev–Trinajstić information content (AvgIpc) is 2.79. The predicted octanol–water partition coefficient (Wildman–Crippen LogP) is 5.47. The maximum Gasteiger partial charge on any atom is 0.262 e. The third-order valence-electron chi connectivity index (χ3n) is 5.23. The Hall–Kier alpha value is -3.11. The van der Waals surface area contributed by atoms with Gasteiger partial charge < -0.3 is 10.1 Å². The van der Waals surface area contributed by atoms with Gasteiger partial charge in [0.05, 0.1) is 5.69 Å². The Balaban J connectivity index is 1.45. The molecule has 1 aliphatic carbocycles. The van der Waals surface area contributed by atoms with Crippen LogP contribution in [0, 0.1) is 0 Å². The quantitative estimate of drug-likeness (QED) is 0.539. The van der Waals surface area contributed by atoms with Gasteiger partial charge in [0.15, 0.2) is 12.4 Å². The Morgan fingerprint density at radius 3 is 2.47 bits per heavy atom. The number of ketones is 1. The molecular formula is C25H22ClNO3. The van der Waals surface area contributed by atoms with Crippen LogP contribution in [0.15, 0.2) is 66.7 Å². The lowest BCUT2D eigenvalue weighted by molar-refractivity contribution is -0.118. The fourth-order valence-electron chi connectivity index (χ4n) is 3.69. The van der Waals surface area contributed by atoms with E-state index in [1.165, 1.54) is 24.0 Å². The average molecular weight is 420 g/mol. The van der Waals surface area contributed by atoms with Crippen LogP contribution in [0.4, 0.5) is 5.69 Å². The molecule has 0 aromatic heterocycles. The van der Waals surface area contributed by atoms with Crippen LogP contribution in [0.1, 0.15) is 39.9 Å². The normalized spacial score (nSPS) is 12.7. The molecule has 1 amide bonds. The van der Waals surface area contributed by atoms with Crippen molar-refractivity contribution in [2.24, 2.45) is 0 Å². The van der Waals surface area contributed by atoms with Crippen molar-refractivity contribution < 1.29 is 14.3 Å². The van der Waals surface area contributed by atoms with Gasteiger partial charge in [-0.1, -0.05) is 48.0 Å². The second-order valence-corrected chi connectivity index (χ2v) is 7.80. The summed E-state index contributed by atoms with van der Waals surface area (Å²) in [6.45, 7) is -0.139. The highest BCUT2D eigenvalue weighted by Gasteiger charge is 2.17. The molecule has 3 aromatic carbocycles. The first-order chi connectivity index (χ1) is 14.6. The van der Waals surface area contributed by atoms with Crippen molar-refractivity contribution in [3.8, 4) is 5.75 Å². The molecule has 0 unspecified atom stereocenters. The molecule has 4 nitrogen and oxygen atoms in total. The third-order valence-corrected chi connectivity index (χ3v) is 5.46. The fourth-order valence-corrected chi connectivity index (χ4v) is 3.87. The topological polar surface area (TPSA) is 55.4 Å². The minimum Gasteiger partial charge on any atom is -0.484 e. The summed E-state index contributed by atoms with van der Waals surface area (Å²) in [4.78, 5) is 25.4. The first-order valence-corrected chi connectivity index (χ1v) is 10.4.